The average Bonchev–Trinajstić information content (AvgIpc) is 2.29. The van der Waals surface area contributed by atoms with Crippen LogP contribution in [0, 0.1) is 11.3 Å². The summed E-state index contributed by atoms with van der Waals surface area (Å²) in [5.41, 5.74) is 1.33. The number of aromatic nitrogens is 1. The molecule has 2 aromatic rings. The molecule has 0 N–H and O–H groups in total. The Kier molecular flexibility index (Phi) is 2.44. The molecule has 1 aromatic carbocycles. The summed E-state index contributed by atoms with van der Waals surface area (Å²) in [7, 11) is 1.56. The number of pyridine rings is 1. The number of hydrogen-bond donors (Lipinski definition) is 0. The number of hydrogen-bond acceptors (Lipinski definition) is 2. The van der Waals surface area contributed by atoms with E-state index in [4.69, 9.17) is 21.7 Å². The van der Waals surface area contributed by atoms with Gasteiger partial charge in [0.1, 0.15) is 13.2 Å². The molecule has 0 unspecified atom stereocenters. The second-order valence-electron chi connectivity index (χ2n) is 2.98. The molecule has 0 aliphatic heterocycles. The van der Waals surface area contributed by atoms with Crippen molar-refractivity contribution in [3.05, 3.63) is 41.0 Å². The highest BCUT2D eigenvalue weighted by atomic mass is 35.5. The Hall–Kier alpha value is -1.79. The van der Waals surface area contributed by atoms with Crippen LogP contribution in [0.1, 0.15) is 5.56 Å². The van der Waals surface area contributed by atoms with Gasteiger partial charge in [0.25, 0.3) is 5.52 Å². The fraction of sp³-hybridized carbons (Fsp3) is 0.0909. The van der Waals surface area contributed by atoms with Gasteiger partial charge in [-0.3, -0.25) is 4.84 Å². The summed E-state index contributed by atoms with van der Waals surface area (Å²) in [4.78, 5) is 5.13. The van der Waals surface area contributed by atoms with E-state index in [-0.39, 0.29) is 0 Å². The van der Waals surface area contributed by atoms with E-state index in [1.807, 2.05) is 6.07 Å². The highest BCUT2D eigenvalue weighted by Gasteiger charge is 2.15. The van der Waals surface area contributed by atoms with Crippen LogP contribution in [0.3, 0.4) is 0 Å². The first kappa shape index (κ1) is 9.75. The summed E-state index contributed by atoms with van der Waals surface area (Å²) in [6.07, 6.45) is 1.71. The van der Waals surface area contributed by atoms with Crippen molar-refractivity contribution in [1.29, 1.82) is 5.26 Å². The molecule has 74 valence electrons. The molecule has 4 heteroatoms. The second-order valence-corrected chi connectivity index (χ2v) is 3.39. The zero-order chi connectivity index (χ0) is 10.8. The van der Waals surface area contributed by atoms with Gasteiger partial charge < -0.3 is 0 Å². The van der Waals surface area contributed by atoms with Crippen molar-refractivity contribution in [3.63, 3.8) is 0 Å². The number of nitriles is 1. The normalized spacial score (nSPS) is 9.93. The van der Waals surface area contributed by atoms with E-state index in [1.165, 1.54) is 0 Å². The maximum absolute atomic E-state index is 8.96. The van der Waals surface area contributed by atoms with Crippen molar-refractivity contribution in [1.82, 2.24) is 0 Å². The van der Waals surface area contributed by atoms with Crippen LogP contribution in [-0.2, 0) is 0 Å². The largest absolute Gasteiger partial charge is 0.274 e. The SMILES string of the molecule is CO[n+]1ccc(Cl)c2c(C#N)cccc21. The van der Waals surface area contributed by atoms with Crippen molar-refractivity contribution in [2.75, 3.05) is 7.11 Å². The zero-order valence-electron chi connectivity index (χ0n) is 8.07. The number of nitrogens with zero attached hydrogens (tertiary/aromatic N) is 2. The molecule has 0 saturated heterocycles. The lowest BCUT2D eigenvalue weighted by molar-refractivity contribution is -0.865. The van der Waals surface area contributed by atoms with Crippen molar-refractivity contribution < 1.29 is 9.57 Å². The monoisotopic (exact) mass is 219 g/mol. The minimum atomic E-state index is 0.545. The molecule has 0 spiro atoms. The van der Waals surface area contributed by atoms with Crippen LogP contribution in [0.2, 0.25) is 5.02 Å². The first-order valence-electron chi connectivity index (χ1n) is 4.35. The van der Waals surface area contributed by atoms with Gasteiger partial charge in [0.15, 0.2) is 0 Å². The van der Waals surface area contributed by atoms with Crippen molar-refractivity contribution in [2.24, 2.45) is 0 Å². The molecule has 0 saturated carbocycles. The third-order valence-corrected chi connectivity index (χ3v) is 2.51. The molecule has 0 radical (unpaired) electrons. The van der Waals surface area contributed by atoms with E-state index in [9.17, 15) is 0 Å². The molecule has 0 bridgehead atoms. The van der Waals surface area contributed by atoms with Crippen molar-refractivity contribution in [3.8, 4) is 6.07 Å². The van der Waals surface area contributed by atoms with E-state index in [0.717, 1.165) is 5.52 Å². The Morgan fingerprint density at radius 3 is 2.87 bits per heavy atom. The number of rotatable bonds is 1. The molecule has 0 aliphatic carbocycles. The van der Waals surface area contributed by atoms with Gasteiger partial charge in [-0.15, -0.1) is 0 Å². The summed E-state index contributed by atoms with van der Waals surface area (Å²) in [5, 5.41) is 10.2. The Labute approximate surface area is 92.0 Å². The van der Waals surface area contributed by atoms with Gasteiger partial charge in [-0.05, 0) is 6.07 Å². The van der Waals surface area contributed by atoms with E-state index in [2.05, 4.69) is 6.07 Å². The predicted octanol–water partition coefficient (Wildman–Crippen LogP) is 1.71. The lowest BCUT2D eigenvalue weighted by Crippen LogP contribution is -2.40. The lowest BCUT2D eigenvalue weighted by atomic mass is 10.1. The molecule has 1 aromatic heterocycles. The van der Waals surface area contributed by atoms with E-state index < -0.39 is 0 Å². The van der Waals surface area contributed by atoms with Gasteiger partial charge in [-0.1, -0.05) is 17.7 Å². The Bertz CT molecular complexity index is 560. The highest BCUT2D eigenvalue weighted by molar-refractivity contribution is 6.35. The molecule has 0 aliphatic rings. The molecule has 3 nitrogen and oxygen atoms in total. The summed E-state index contributed by atoms with van der Waals surface area (Å²) in [5.74, 6) is 0. The average molecular weight is 220 g/mol. The summed E-state index contributed by atoms with van der Waals surface area (Å²) in [6.45, 7) is 0. The number of halogens is 1. The number of benzene rings is 1. The predicted molar refractivity (Wildman–Crippen MR) is 56.4 cm³/mol. The van der Waals surface area contributed by atoms with Gasteiger partial charge in [0, 0.05) is 16.9 Å². The van der Waals surface area contributed by atoms with Crippen LogP contribution >= 0.6 is 11.6 Å². The van der Waals surface area contributed by atoms with E-state index in [1.54, 1.807) is 36.2 Å². The maximum Gasteiger partial charge on any atom is 0.267 e. The van der Waals surface area contributed by atoms with Gasteiger partial charge in [-0.25, -0.2) is 0 Å². The zero-order valence-corrected chi connectivity index (χ0v) is 8.82. The van der Waals surface area contributed by atoms with E-state index in [0.29, 0.717) is 16.0 Å². The van der Waals surface area contributed by atoms with Gasteiger partial charge in [-0.2, -0.15) is 5.26 Å². The second kappa shape index (κ2) is 3.76. The van der Waals surface area contributed by atoms with Gasteiger partial charge in [0.2, 0.25) is 6.20 Å². The standard InChI is InChI=1S/C11H8ClN2O/c1-15-14-6-5-9(12)11-8(7-13)3-2-4-10(11)14/h2-6H,1H3/q+1. The van der Waals surface area contributed by atoms with Crippen LogP contribution in [-0.4, -0.2) is 7.11 Å². The minimum Gasteiger partial charge on any atom is -0.274 e. The molecule has 0 atom stereocenters. The fourth-order valence-corrected chi connectivity index (χ4v) is 1.78. The summed E-state index contributed by atoms with van der Waals surface area (Å²) in [6, 6.07) is 9.19. The van der Waals surface area contributed by atoms with Gasteiger partial charge >= 0.3 is 0 Å². The summed E-state index contributed by atoms with van der Waals surface area (Å²) >= 11 is 6.05. The first-order valence-corrected chi connectivity index (χ1v) is 4.73. The first-order chi connectivity index (χ1) is 7.27. The molecular weight excluding hydrogens is 212 g/mol. The van der Waals surface area contributed by atoms with E-state index >= 15 is 0 Å². The maximum atomic E-state index is 8.96. The quantitative estimate of drug-likeness (QED) is 0.685. The Morgan fingerprint density at radius 1 is 1.40 bits per heavy atom. The summed E-state index contributed by atoms with van der Waals surface area (Å²) < 4.78 is 1.57. The topological polar surface area (TPSA) is 36.9 Å². The smallest absolute Gasteiger partial charge is 0.267 e. The van der Waals surface area contributed by atoms with Crippen LogP contribution in [0.5, 0.6) is 0 Å². The Morgan fingerprint density at radius 2 is 2.20 bits per heavy atom. The molecule has 2 rings (SSSR count). The molecular formula is C11H8ClN2O+. The van der Waals surface area contributed by atoms with Crippen molar-refractivity contribution >= 4 is 22.5 Å². The van der Waals surface area contributed by atoms with Crippen molar-refractivity contribution in [2.45, 2.75) is 0 Å². The fourth-order valence-electron chi connectivity index (χ4n) is 1.52. The van der Waals surface area contributed by atoms with Crippen LogP contribution in [0.15, 0.2) is 30.5 Å². The Balaban J connectivity index is 2.94. The van der Waals surface area contributed by atoms with Crippen LogP contribution in [0.25, 0.3) is 10.9 Å². The van der Waals surface area contributed by atoms with Crippen LogP contribution in [0.4, 0.5) is 0 Å². The number of fused-ring (bicyclic) bond motifs is 1. The lowest BCUT2D eigenvalue weighted by Gasteiger charge is -2.00. The minimum absolute atomic E-state index is 0.545. The van der Waals surface area contributed by atoms with Crippen LogP contribution < -0.4 is 9.57 Å². The van der Waals surface area contributed by atoms with Gasteiger partial charge in [0.05, 0.1) is 16.0 Å². The highest BCUT2D eigenvalue weighted by Crippen LogP contribution is 2.23. The molecule has 0 amide bonds. The molecule has 15 heavy (non-hydrogen) atoms. The third-order valence-electron chi connectivity index (χ3n) is 2.19. The molecule has 0 fully saturated rings. The molecule has 1 heterocycles. The third kappa shape index (κ3) is 1.49.